The molecule has 0 saturated heterocycles. The Morgan fingerprint density at radius 3 is 2.65 bits per heavy atom. The summed E-state index contributed by atoms with van der Waals surface area (Å²) in [6.45, 7) is 1.89. The van der Waals surface area contributed by atoms with Crippen LogP contribution in [0.3, 0.4) is 0 Å². The zero-order valence-corrected chi connectivity index (χ0v) is 21.2. The van der Waals surface area contributed by atoms with E-state index in [1.165, 1.54) is 23.3 Å². The lowest BCUT2D eigenvalue weighted by Crippen LogP contribution is -2.45. The summed E-state index contributed by atoms with van der Waals surface area (Å²) >= 11 is 4.98. The number of rotatable bonds is 4. The predicted octanol–water partition coefficient (Wildman–Crippen LogP) is 5.33. The molecule has 3 N–H and O–H groups in total. The molecule has 2 unspecified atom stereocenters. The molecule has 0 bridgehead atoms. The number of aromatic amines is 1. The Bertz CT molecular complexity index is 1420. The normalized spacial score (nSPS) is 18.0. The zero-order valence-electron chi connectivity index (χ0n) is 18.0. The minimum Gasteiger partial charge on any atom is -0.465 e. The molecule has 2 atom stereocenters. The second-order valence-corrected chi connectivity index (χ2v) is 10.3. The summed E-state index contributed by atoms with van der Waals surface area (Å²) < 4.78 is 0.936. The fourth-order valence-electron chi connectivity index (χ4n) is 4.27. The average Bonchev–Trinajstić information content (AvgIpc) is 3.48. The quantitative estimate of drug-likeness (QED) is 0.311. The lowest BCUT2D eigenvalue weighted by Gasteiger charge is -2.38. The second kappa shape index (κ2) is 8.70. The van der Waals surface area contributed by atoms with Crippen molar-refractivity contribution in [3.8, 4) is 0 Å². The number of aliphatic hydroxyl groups is 1. The third kappa shape index (κ3) is 3.58. The lowest BCUT2D eigenvalue weighted by atomic mass is 9.93. The summed E-state index contributed by atoms with van der Waals surface area (Å²) in [6, 6.07) is 15.6. The molecule has 2 aromatic carbocycles. The number of hydrogen-bond acceptors (Lipinski definition) is 5. The van der Waals surface area contributed by atoms with Crippen molar-refractivity contribution in [1.29, 1.82) is 0 Å². The molecule has 0 saturated carbocycles. The van der Waals surface area contributed by atoms with Crippen LogP contribution in [0.15, 0.2) is 58.4 Å². The average molecular weight is 564 g/mol. The van der Waals surface area contributed by atoms with E-state index in [1.54, 1.807) is 42.5 Å². The van der Waals surface area contributed by atoms with Crippen LogP contribution < -0.4 is 4.90 Å². The van der Waals surface area contributed by atoms with E-state index in [0.717, 1.165) is 13.6 Å². The molecule has 2 aromatic heterocycles. The molecule has 0 radical (unpaired) electrons. The molecule has 2 amide bonds. The number of halogens is 2. The molecule has 0 aliphatic carbocycles. The van der Waals surface area contributed by atoms with Crippen molar-refractivity contribution >= 4 is 68.7 Å². The van der Waals surface area contributed by atoms with Gasteiger partial charge in [0, 0.05) is 28.6 Å². The Balaban J connectivity index is 0.00000274. The van der Waals surface area contributed by atoms with E-state index in [-0.39, 0.29) is 24.3 Å². The van der Waals surface area contributed by atoms with Gasteiger partial charge in [-0.1, -0.05) is 24.3 Å². The number of carbonyl (C=O) groups is 2. The number of carbonyl (C=O) groups excluding carboxylic acids is 1. The largest absolute Gasteiger partial charge is 0.465 e. The van der Waals surface area contributed by atoms with Crippen molar-refractivity contribution in [2.45, 2.75) is 18.7 Å². The Labute approximate surface area is 213 Å². The fourth-order valence-corrected chi connectivity index (χ4v) is 5.74. The molecule has 0 fully saturated rings. The second-order valence-electron chi connectivity index (χ2n) is 7.84. The summed E-state index contributed by atoms with van der Waals surface area (Å²) in [5.41, 5.74) is 0.792. The predicted molar refractivity (Wildman–Crippen MR) is 136 cm³/mol. The van der Waals surface area contributed by atoms with Crippen LogP contribution in [0.5, 0.6) is 0 Å². The molecule has 34 heavy (non-hydrogen) atoms. The molecule has 3 heterocycles. The van der Waals surface area contributed by atoms with E-state index in [2.05, 4.69) is 25.9 Å². The van der Waals surface area contributed by atoms with Crippen LogP contribution >= 0.6 is 39.7 Å². The number of fused-ring (bicyclic) bond motifs is 2. The van der Waals surface area contributed by atoms with Gasteiger partial charge in [0.15, 0.2) is 5.72 Å². The minimum atomic E-state index is -1.72. The van der Waals surface area contributed by atoms with E-state index in [9.17, 15) is 19.8 Å². The Morgan fingerprint density at radius 2 is 1.97 bits per heavy atom. The number of nitrogens with one attached hydrogen (secondary N) is 1. The number of benzene rings is 2. The topological polar surface area (TPSA) is 110 Å². The Morgan fingerprint density at radius 1 is 1.24 bits per heavy atom. The maximum Gasteiger partial charge on any atom is 0.413 e. The van der Waals surface area contributed by atoms with Crippen LogP contribution in [0.4, 0.5) is 10.7 Å². The minimum absolute atomic E-state index is 0. The number of anilines is 1. The number of thiophene rings is 1. The molecule has 11 heteroatoms. The van der Waals surface area contributed by atoms with Crippen LogP contribution in [0, 0.1) is 0 Å². The first-order valence-corrected chi connectivity index (χ1v) is 11.7. The van der Waals surface area contributed by atoms with Crippen molar-refractivity contribution in [3.63, 3.8) is 0 Å². The number of aromatic nitrogens is 2. The van der Waals surface area contributed by atoms with E-state index >= 15 is 0 Å². The van der Waals surface area contributed by atoms with Gasteiger partial charge in [-0.3, -0.25) is 14.6 Å². The summed E-state index contributed by atoms with van der Waals surface area (Å²) in [7, 11) is 1.39. The van der Waals surface area contributed by atoms with Crippen molar-refractivity contribution in [2.24, 2.45) is 0 Å². The number of nitrogens with zero attached hydrogens (tertiary/aromatic N) is 3. The maximum absolute atomic E-state index is 13.5. The standard InChI is InChI=1S/C23H19BrN4O4S.ClH/c1-12(18-9-10-19(24)33-18)28-20(29)14-5-3-4-6-15(14)23(28,32)13-7-8-16-17(11-13)26-21(25-16)27(2)22(30)31;/h3-12,32H,1-2H3,(H,25,26)(H,30,31);1H. The number of H-pyrrole nitrogens is 1. The number of imidazole rings is 1. The van der Waals surface area contributed by atoms with Crippen molar-refractivity contribution in [3.05, 3.63) is 80.0 Å². The summed E-state index contributed by atoms with van der Waals surface area (Å²) in [5.74, 6) is -0.0978. The fraction of sp³-hybridized carbons (Fsp3) is 0.174. The highest BCUT2D eigenvalue weighted by molar-refractivity contribution is 9.11. The van der Waals surface area contributed by atoms with Gasteiger partial charge in [-0.15, -0.1) is 23.7 Å². The number of hydrogen-bond donors (Lipinski definition) is 3. The van der Waals surface area contributed by atoms with E-state index in [0.29, 0.717) is 27.7 Å². The van der Waals surface area contributed by atoms with Crippen LogP contribution in [0.1, 0.15) is 39.3 Å². The number of carboxylic acid groups (broad SMARTS) is 1. The third-order valence-electron chi connectivity index (χ3n) is 5.97. The van der Waals surface area contributed by atoms with Gasteiger partial charge in [0.05, 0.1) is 20.9 Å². The number of amides is 2. The molecule has 4 aromatic rings. The van der Waals surface area contributed by atoms with Gasteiger partial charge in [-0.05, 0) is 53.2 Å². The maximum atomic E-state index is 13.5. The summed E-state index contributed by atoms with van der Waals surface area (Å²) in [6.07, 6.45) is -1.15. The highest BCUT2D eigenvalue weighted by Gasteiger charge is 2.52. The Kier molecular flexibility index (Phi) is 6.19. The SMILES string of the molecule is CC(c1ccc(Br)s1)N1C(=O)c2ccccc2C1(O)c1ccc2nc(N(C)C(=O)O)[nH]c2c1.Cl. The molecule has 176 valence electrons. The van der Waals surface area contributed by atoms with Crippen LogP contribution in [0.2, 0.25) is 0 Å². The van der Waals surface area contributed by atoms with Crippen LogP contribution in [-0.2, 0) is 5.72 Å². The van der Waals surface area contributed by atoms with E-state index < -0.39 is 17.9 Å². The van der Waals surface area contributed by atoms with Gasteiger partial charge in [-0.2, -0.15) is 0 Å². The molecular formula is C23H20BrClN4O4S. The summed E-state index contributed by atoms with van der Waals surface area (Å²) in [5, 5.41) is 21.5. The van der Waals surface area contributed by atoms with Crippen molar-refractivity contribution in [2.75, 3.05) is 11.9 Å². The molecular weight excluding hydrogens is 544 g/mol. The first kappa shape index (κ1) is 24.2. The molecule has 1 aliphatic rings. The van der Waals surface area contributed by atoms with Gasteiger partial charge in [-0.25, -0.2) is 9.78 Å². The highest BCUT2D eigenvalue weighted by atomic mass is 79.9. The van der Waals surface area contributed by atoms with E-state index in [1.807, 2.05) is 19.1 Å². The van der Waals surface area contributed by atoms with Crippen molar-refractivity contribution in [1.82, 2.24) is 14.9 Å². The first-order chi connectivity index (χ1) is 15.7. The van der Waals surface area contributed by atoms with Gasteiger partial charge < -0.3 is 15.2 Å². The first-order valence-electron chi connectivity index (χ1n) is 10.1. The van der Waals surface area contributed by atoms with Crippen LogP contribution in [-0.4, -0.2) is 44.1 Å². The highest BCUT2D eigenvalue weighted by Crippen LogP contribution is 2.48. The summed E-state index contributed by atoms with van der Waals surface area (Å²) in [4.78, 5) is 35.5. The molecule has 0 spiro atoms. The monoisotopic (exact) mass is 562 g/mol. The molecule has 1 aliphatic heterocycles. The zero-order chi connectivity index (χ0) is 23.5. The molecule has 5 rings (SSSR count). The van der Waals surface area contributed by atoms with Crippen LogP contribution in [0.25, 0.3) is 11.0 Å². The smallest absolute Gasteiger partial charge is 0.413 e. The van der Waals surface area contributed by atoms with Gasteiger partial charge in [0.25, 0.3) is 5.91 Å². The third-order valence-corrected chi connectivity index (χ3v) is 7.76. The van der Waals surface area contributed by atoms with Gasteiger partial charge >= 0.3 is 6.09 Å². The molecule has 8 nitrogen and oxygen atoms in total. The van der Waals surface area contributed by atoms with E-state index in [4.69, 9.17) is 0 Å². The van der Waals surface area contributed by atoms with Gasteiger partial charge in [0.2, 0.25) is 5.95 Å². The lowest BCUT2D eigenvalue weighted by molar-refractivity contribution is -0.0670. The van der Waals surface area contributed by atoms with Crippen molar-refractivity contribution < 1.29 is 19.8 Å². The Hall–Kier alpha value is -2.92. The van der Waals surface area contributed by atoms with Gasteiger partial charge in [0.1, 0.15) is 0 Å².